The van der Waals surface area contributed by atoms with Crippen LogP contribution in [0.5, 0.6) is 0 Å². The van der Waals surface area contributed by atoms with Gasteiger partial charge in [-0.3, -0.25) is 4.79 Å². The Morgan fingerprint density at radius 1 is 1.50 bits per heavy atom. The fraction of sp³-hybridized carbons (Fsp3) is 0.900. The van der Waals surface area contributed by atoms with Gasteiger partial charge in [-0.1, -0.05) is 0 Å². The predicted molar refractivity (Wildman–Crippen MR) is 57.3 cm³/mol. The minimum atomic E-state index is -0.421. The number of carbonyl (C=O) groups excluding carboxylic acids is 1. The number of rotatable bonds is 2. The standard InChI is InChI=1S/C10H17NO2S/c1-14-9-3-2-7(4-9)11-6-8(12)5-10(11)13/h7-9,12H,2-6H2,1H3. The van der Waals surface area contributed by atoms with Gasteiger partial charge in [0.05, 0.1) is 12.5 Å². The average molecular weight is 215 g/mol. The zero-order valence-electron chi connectivity index (χ0n) is 8.48. The van der Waals surface area contributed by atoms with Crippen LogP contribution >= 0.6 is 11.8 Å². The van der Waals surface area contributed by atoms with Gasteiger partial charge in [-0.15, -0.1) is 0 Å². The number of aliphatic hydroxyl groups excluding tert-OH is 1. The second-order valence-electron chi connectivity index (χ2n) is 4.23. The minimum absolute atomic E-state index is 0.143. The number of aliphatic hydroxyl groups is 1. The quantitative estimate of drug-likeness (QED) is 0.743. The van der Waals surface area contributed by atoms with Gasteiger partial charge in [-0.25, -0.2) is 0 Å². The van der Waals surface area contributed by atoms with Crippen molar-refractivity contribution in [3.05, 3.63) is 0 Å². The highest BCUT2D eigenvalue weighted by Gasteiger charge is 2.36. The Kier molecular flexibility index (Phi) is 3.02. The number of likely N-dealkylation sites (tertiary alicyclic amines) is 1. The maximum atomic E-state index is 11.5. The van der Waals surface area contributed by atoms with Gasteiger partial charge in [-0.2, -0.15) is 11.8 Å². The SMILES string of the molecule is CSC1CCC(N2CC(O)CC2=O)C1. The van der Waals surface area contributed by atoms with Crippen molar-refractivity contribution in [1.29, 1.82) is 0 Å². The summed E-state index contributed by atoms with van der Waals surface area (Å²) < 4.78 is 0. The van der Waals surface area contributed by atoms with Crippen molar-refractivity contribution in [2.24, 2.45) is 0 Å². The number of amides is 1. The number of β-amino-alcohol motifs (C(OH)–C–C–N with tert-alkyl or cyclic N) is 1. The van der Waals surface area contributed by atoms with Gasteiger partial charge in [0, 0.05) is 17.8 Å². The molecule has 1 amide bonds. The zero-order valence-corrected chi connectivity index (χ0v) is 9.30. The van der Waals surface area contributed by atoms with E-state index in [2.05, 4.69) is 6.26 Å². The summed E-state index contributed by atoms with van der Waals surface area (Å²) in [6.45, 7) is 0.560. The number of carbonyl (C=O) groups is 1. The van der Waals surface area contributed by atoms with Crippen LogP contribution in [0.25, 0.3) is 0 Å². The van der Waals surface area contributed by atoms with E-state index >= 15 is 0 Å². The molecule has 1 aliphatic heterocycles. The number of hydrogen-bond donors (Lipinski definition) is 1. The molecule has 1 saturated heterocycles. The lowest BCUT2D eigenvalue weighted by molar-refractivity contribution is -0.129. The van der Waals surface area contributed by atoms with E-state index < -0.39 is 6.10 Å². The summed E-state index contributed by atoms with van der Waals surface area (Å²) in [5.41, 5.74) is 0. The molecule has 2 aliphatic rings. The van der Waals surface area contributed by atoms with Gasteiger partial charge in [0.2, 0.25) is 5.91 Å². The topological polar surface area (TPSA) is 40.5 Å². The molecule has 0 aromatic heterocycles. The molecule has 1 N–H and O–H groups in total. The summed E-state index contributed by atoms with van der Waals surface area (Å²) >= 11 is 1.90. The molecular weight excluding hydrogens is 198 g/mol. The Morgan fingerprint density at radius 3 is 2.79 bits per heavy atom. The Balaban J connectivity index is 1.93. The molecule has 0 aromatic rings. The van der Waals surface area contributed by atoms with Gasteiger partial charge in [0.25, 0.3) is 0 Å². The summed E-state index contributed by atoms with van der Waals surface area (Å²) in [5, 5.41) is 10.1. The fourth-order valence-corrected chi connectivity index (χ4v) is 3.27. The van der Waals surface area contributed by atoms with Crippen LogP contribution in [0.2, 0.25) is 0 Å². The van der Waals surface area contributed by atoms with Gasteiger partial charge in [0.15, 0.2) is 0 Å². The molecular formula is C10H17NO2S. The Morgan fingerprint density at radius 2 is 2.29 bits per heavy atom. The average Bonchev–Trinajstić information content (AvgIpc) is 2.71. The van der Waals surface area contributed by atoms with Crippen molar-refractivity contribution in [1.82, 2.24) is 4.90 Å². The molecule has 80 valence electrons. The van der Waals surface area contributed by atoms with Crippen LogP contribution in [0.4, 0.5) is 0 Å². The highest BCUT2D eigenvalue weighted by molar-refractivity contribution is 7.99. The van der Waals surface area contributed by atoms with E-state index in [-0.39, 0.29) is 5.91 Å². The molecule has 3 unspecified atom stereocenters. The maximum Gasteiger partial charge on any atom is 0.225 e. The Labute approximate surface area is 88.9 Å². The summed E-state index contributed by atoms with van der Waals surface area (Å²) in [5.74, 6) is 0.143. The lowest BCUT2D eigenvalue weighted by Gasteiger charge is -2.23. The molecule has 0 spiro atoms. The number of thioether (sulfide) groups is 1. The van der Waals surface area contributed by atoms with Gasteiger partial charge < -0.3 is 10.0 Å². The molecule has 0 bridgehead atoms. The van der Waals surface area contributed by atoms with Crippen molar-refractivity contribution in [2.45, 2.75) is 43.1 Å². The Bertz CT molecular complexity index is 234. The molecule has 4 heteroatoms. The second-order valence-corrected chi connectivity index (χ2v) is 5.37. The molecule has 1 aliphatic carbocycles. The largest absolute Gasteiger partial charge is 0.391 e. The highest BCUT2D eigenvalue weighted by Crippen LogP contribution is 2.33. The van der Waals surface area contributed by atoms with Crippen LogP contribution in [0.15, 0.2) is 0 Å². The van der Waals surface area contributed by atoms with E-state index in [1.54, 1.807) is 0 Å². The first-order valence-corrected chi connectivity index (χ1v) is 6.50. The predicted octanol–water partition coefficient (Wildman–Crippen LogP) is 0.864. The highest BCUT2D eigenvalue weighted by atomic mass is 32.2. The molecule has 14 heavy (non-hydrogen) atoms. The first kappa shape index (κ1) is 10.3. The molecule has 2 fully saturated rings. The van der Waals surface area contributed by atoms with E-state index in [0.717, 1.165) is 12.8 Å². The maximum absolute atomic E-state index is 11.5. The summed E-state index contributed by atoms with van der Waals surface area (Å²) in [4.78, 5) is 13.4. The molecule has 1 saturated carbocycles. The lowest BCUT2D eigenvalue weighted by Crippen LogP contribution is -2.35. The van der Waals surface area contributed by atoms with Gasteiger partial charge >= 0.3 is 0 Å². The van der Waals surface area contributed by atoms with Crippen molar-refractivity contribution in [2.75, 3.05) is 12.8 Å². The summed E-state index contributed by atoms with van der Waals surface area (Å²) in [6.07, 6.45) is 5.49. The monoisotopic (exact) mass is 215 g/mol. The van der Waals surface area contributed by atoms with E-state index in [0.29, 0.717) is 24.3 Å². The fourth-order valence-electron chi connectivity index (χ4n) is 2.48. The number of hydrogen-bond acceptors (Lipinski definition) is 3. The second kappa shape index (κ2) is 4.11. The first-order chi connectivity index (χ1) is 6.70. The third-order valence-corrected chi connectivity index (χ3v) is 4.36. The minimum Gasteiger partial charge on any atom is -0.391 e. The molecule has 3 nitrogen and oxygen atoms in total. The molecule has 0 aromatic carbocycles. The molecule has 0 radical (unpaired) electrons. The van der Waals surface area contributed by atoms with E-state index in [9.17, 15) is 9.90 Å². The van der Waals surface area contributed by atoms with E-state index in [1.165, 1.54) is 6.42 Å². The van der Waals surface area contributed by atoms with Crippen LogP contribution in [0, 0.1) is 0 Å². The normalized spacial score (nSPS) is 38.3. The van der Waals surface area contributed by atoms with Gasteiger partial charge in [0.1, 0.15) is 0 Å². The van der Waals surface area contributed by atoms with Crippen molar-refractivity contribution >= 4 is 17.7 Å². The Hall–Kier alpha value is -0.220. The third kappa shape index (κ3) is 1.91. The van der Waals surface area contributed by atoms with Gasteiger partial charge in [-0.05, 0) is 25.5 Å². The van der Waals surface area contributed by atoms with Crippen LogP contribution in [-0.4, -0.2) is 46.1 Å². The summed E-state index contributed by atoms with van der Waals surface area (Å²) in [6, 6.07) is 0.400. The zero-order chi connectivity index (χ0) is 10.1. The van der Waals surface area contributed by atoms with E-state index in [4.69, 9.17) is 0 Å². The molecule has 3 atom stereocenters. The van der Waals surface area contributed by atoms with Crippen LogP contribution in [-0.2, 0) is 4.79 Å². The molecule has 2 rings (SSSR count). The molecule has 1 heterocycles. The smallest absolute Gasteiger partial charge is 0.225 e. The van der Waals surface area contributed by atoms with Crippen molar-refractivity contribution < 1.29 is 9.90 Å². The van der Waals surface area contributed by atoms with Crippen molar-refractivity contribution in [3.8, 4) is 0 Å². The van der Waals surface area contributed by atoms with Crippen molar-refractivity contribution in [3.63, 3.8) is 0 Å². The van der Waals surface area contributed by atoms with E-state index in [1.807, 2.05) is 16.7 Å². The summed E-state index contributed by atoms with van der Waals surface area (Å²) in [7, 11) is 0. The van der Waals surface area contributed by atoms with Crippen LogP contribution < -0.4 is 0 Å². The van der Waals surface area contributed by atoms with Crippen LogP contribution in [0.3, 0.4) is 0 Å². The third-order valence-electron chi connectivity index (χ3n) is 3.27. The van der Waals surface area contributed by atoms with Crippen LogP contribution in [0.1, 0.15) is 25.7 Å². The first-order valence-electron chi connectivity index (χ1n) is 5.21. The lowest BCUT2D eigenvalue weighted by atomic mass is 10.2. The number of nitrogens with zero attached hydrogens (tertiary/aromatic N) is 1.